The lowest BCUT2D eigenvalue weighted by atomic mass is 10.1. The molecule has 0 aromatic heterocycles. The number of carbonyl (C=O) groups is 2. The Morgan fingerprint density at radius 2 is 1.70 bits per heavy atom. The number of ether oxygens (including phenoxy) is 1. The molecule has 1 aliphatic heterocycles. The highest BCUT2D eigenvalue weighted by molar-refractivity contribution is 7.80. The second-order valence-electron chi connectivity index (χ2n) is 7.51. The largest absolute Gasteiger partial charge is 0.497 e. The molecule has 1 fully saturated rings. The van der Waals surface area contributed by atoms with Gasteiger partial charge in [-0.05, 0) is 60.2 Å². The van der Waals surface area contributed by atoms with E-state index >= 15 is 0 Å². The summed E-state index contributed by atoms with van der Waals surface area (Å²) in [5.41, 5.74) is 2.10. The Bertz CT molecular complexity index is 1170. The predicted molar refractivity (Wildman–Crippen MR) is 134 cm³/mol. The summed E-state index contributed by atoms with van der Waals surface area (Å²) in [6.07, 6.45) is -0.0568. The molecule has 6 nitrogen and oxygen atoms in total. The zero-order valence-electron chi connectivity index (χ0n) is 17.9. The van der Waals surface area contributed by atoms with Gasteiger partial charge in [-0.3, -0.25) is 14.5 Å². The number of nitrogens with one attached hydrogen (secondary N) is 1. The first kappa shape index (κ1) is 22.8. The third-order valence-corrected chi connectivity index (χ3v) is 6.17. The van der Waals surface area contributed by atoms with Gasteiger partial charge in [-0.15, -0.1) is 0 Å². The van der Waals surface area contributed by atoms with Crippen molar-refractivity contribution in [3.8, 4) is 5.75 Å². The zero-order chi connectivity index (χ0) is 23.4. The maximum Gasteiger partial charge on any atom is 0.256 e. The molecule has 3 aromatic rings. The number of thiocarbonyl (C=S) groups is 1. The smallest absolute Gasteiger partial charge is 0.256 e. The van der Waals surface area contributed by atoms with Crippen LogP contribution in [0.5, 0.6) is 5.75 Å². The van der Waals surface area contributed by atoms with Crippen LogP contribution in [0.2, 0.25) is 5.02 Å². The number of carbonyl (C=O) groups excluding carboxylic acids is 2. The predicted octanol–water partition coefficient (Wildman–Crippen LogP) is 4.88. The van der Waals surface area contributed by atoms with Gasteiger partial charge in [0.15, 0.2) is 5.11 Å². The molecular formula is C25H22ClN3O3S. The van der Waals surface area contributed by atoms with Crippen molar-refractivity contribution in [2.24, 2.45) is 0 Å². The van der Waals surface area contributed by atoms with E-state index in [4.69, 9.17) is 28.6 Å². The van der Waals surface area contributed by atoms with E-state index < -0.39 is 6.04 Å². The second kappa shape index (κ2) is 10.0. The van der Waals surface area contributed by atoms with Crippen molar-refractivity contribution in [2.75, 3.05) is 17.3 Å². The monoisotopic (exact) mass is 479 g/mol. The van der Waals surface area contributed by atoms with Crippen molar-refractivity contribution in [2.45, 2.75) is 19.0 Å². The summed E-state index contributed by atoms with van der Waals surface area (Å²) in [6.45, 7) is 0.314. The highest BCUT2D eigenvalue weighted by Crippen LogP contribution is 2.30. The van der Waals surface area contributed by atoms with E-state index in [1.807, 2.05) is 48.5 Å². The Kier molecular flexibility index (Phi) is 6.91. The summed E-state index contributed by atoms with van der Waals surface area (Å²) in [5.74, 6) is 0.150. The molecule has 33 heavy (non-hydrogen) atoms. The highest BCUT2D eigenvalue weighted by Gasteiger charge is 2.44. The number of nitrogens with zero attached hydrogens (tertiary/aromatic N) is 2. The van der Waals surface area contributed by atoms with E-state index in [9.17, 15) is 9.59 Å². The molecule has 1 atom stereocenters. The summed E-state index contributed by atoms with van der Waals surface area (Å²) in [6, 6.07) is 22.8. The molecule has 4 rings (SSSR count). The number of hydrogen-bond acceptors (Lipinski definition) is 4. The van der Waals surface area contributed by atoms with Crippen LogP contribution in [-0.4, -0.2) is 35.0 Å². The number of benzene rings is 3. The number of methoxy groups -OCH3 is 1. The molecule has 2 amide bonds. The summed E-state index contributed by atoms with van der Waals surface area (Å²) < 4.78 is 5.15. The van der Waals surface area contributed by atoms with E-state index in [1.54, 1.807) is 42.3 Å². The van der Waals surface area contributed by atoms with Crippen molar-refractivity contribution in [3.63, 3.8) is 0 Å². The summed E-state index contributed by atoms with van der Waals surface area (Å²) >= 11 is 12.1. The number of rotatable bonds is 7. The van der Waals surface area contributed by atoms with Crippen molar-refractivity contribution in [1.29, 1.82) is 0 Å². The SMILES string of the molecule is COc1ccc(NC(=O)CC2C(=O)N(c3ccccc3)C(=S)N2Cc2ccccc2Cl)cc1. The Hall–Kier alpha value is -3.42. The number of anilines is 2. The van der Waals surface area contributed by atoms with Gasteiger partial charge in [0.2, 0.25) is 5.91 Å². The summed E-state index contributed by atoms with van der Waals surface area (Å²) in [5, 5.41) is 3.76. The third-order valence-electron chi connectivity index (χ3n) is 5.38. The minimum atomic E-state index is -0.757. The van der Waals surface area contributed by atoms with Crippen LogP contribution in [0, 0.1) is 0 Å². The van der Waals surface area contributed by atoms with Gasteiger partial charge in [0.25, 0.3) is 5.91 Å². The van der Waals surface area contributed by atoms with Crippen LogP contribution in [0.15, 0.2) is 78.9 Å². The lowest BCUT2D eigenvalue weighted by molar-refractivity contribution is -0.124. The van der Waals surface area contributed by atoms with Crippen molar-refractivity contribution < 1.29 is 14.3 Å². The summed E-state index contributed by atoms with van der Waals surface area (Å²) in [7, 11) is 1.58. The molecule has 0 spiro atoms. The first-order valence-electron chi connectivity index (χ1n) is 10.3. The van der Waals surface area contributed by atoms with Crippen LogP contribution >= 0.6 is 23.8 Å². The fraction of sp³-hybridized carbons (Fsp3) is 0.160. The quantitative estimate of drug-likeness (QED) is 0.489. The molecule has 168 valence electrons. The Morgan fingerprint density at radius 1 is 1.03 bits per heavy atom. The topological polar surface area (TPSA) is 61.9 Å². The van der Waals surface area contributed by atoms with E-state index in [0.29, 0.717) is 33.8 Å². The van der Waals surface area contributed by atoms with Crippen LogP contribution in [0.4, 0.5) is 11.4 Å². The average molecular weight is 480 g/mol. The van der Waals surface area contributed by atoms with Crippen LogP contribution < -0.4 is 15.0 Å². The standard InChI is InChI=1S/C25H22ClN3O3S/c1-32-20-13-11-18(12-14-20)27-23(30)15-22-24(31)29(19-8-3-2-4-9-19)25(33)28(22)16-17-7-5-6-10-21(17)26/h2-14,22H,15-16H2,1H3,(H,27,30). The molecule has 1 unspecified atom stereocenters. The second-order valence-corrected chi connectivity index (χ2v) is 8.28. The minimum absolute atomic E-state index is 0.0568. The fourth-order valence-electron chi connectivity index (χ4n) is 3.70. The molecule has 1 heterocycles. The van der Waals surface area contributed by atoms with Gasteiger partial charge in [0.05, 0.1) is 19.2 Å². The van der Waals surface area contributed by atoms with Crippen molar-refractivity contribution >= 4 is 52.1 Å². The molecule has 1 aliphatic rings. The molecule has 0 saturated carbocycles. The van der Waals surface area contributed by atoms with Crippen molar-refractivity contribution in [3.05, 3.63) is 89.4 Å². The molecule has 1 saturated heterocycles. The molecule has 1 N–H and O–H groups in total. The Labute approximate surface area is 202 Å². The molecule has 0 radical (unpaired) electrons. The fourth-order valence-corrected chi connectivity index (χ4v) is 4.28. The Balaban J connectivity index is 1.58. The van der Waals surface area contributed by atoms with Gasteiger partial charge in [0.1, 0.15) is 11.8 Å². The van der Waals surface area contributed by atoms with E-state index in [2.05, 4.69) is 5.32 Å². The molecule has 0 bridgehead atoms. The van der Waals surface area contributed by atoms with Crippen LogP contribution in [0.3, 0.4) is 0 Å². The van der Waals surface area contributed by atoms with Crippen LogP contribution in [0.25, 0.3) is 0 Å². The summed E-state index contributed by atoms with van der Waals surface area (Å²) in [4.78, 5) is 29.6. The lowest BCUT2D eigenvalue weighted by Gasteiger charge is -2.24. The number of para-hydroxylation sites is 1. The molecule has 3 aromatic carbocycles. The minimum Gasteiger partial charge on any atom is -0.497 e. The molecular weight excluding hydrogens is 458 g/mol. The zero-order valence-corrected chi connectivity index (χ0v) is 19.5. The van der Waals surface area contributed by atoms with Gasteiger partial charge in [-0.1, -0.05) is 48.0 Å². The highest BCUT2D eigenvalue weighted by atomic mass is 35.5. The van der Waals surface area contributed by atoms with E-state index in [0.717, 1.165) is 5.56 Å². The van der Waals surface area contributed by atoms with Gasteiger partial charge in [-0.25, -0.2) is 0 Å². The van der Waals surface area contributed by atoms with Crippen LogP contribution in [-0.2, 0) is 16.1 Å². The Morgan fingerprint density at radius 3 is 2.36 bits per heavy atom. The van der Waals surface area contributed by atoms with Crippen LogP contribution in [0.1, 0.15) is 12.0 Å². The maximum absolute atomic E-state index is 13.4. The lowest BCUT2D eigenvalue weighted by Crippen LogP contribution is -2.37. The first-order chi connectivity index (χ1) is 16.0. The number of hydrogen-bond donors (Lipinski definition) is 1. The third kappa shape index (κ3) is 4.99. The van der Waals surface area contributed by atoms with Gasteiger partial charge < -0.3 is 15.0 Å². The average Bonchev–Trinajstić information content (AvgIpc) is 3.05. The van der Waals surface area contributed by atoms with Crippen molar-refractivity contribution in [1.82, 2.24) is 4.90 Å². The molecule has 8 heteroatoms. The normalized spacial score (nSPS) is 15.6. The first-order valence-corrected chi connectivity index (χ1v) is 11.1. The van der Waals surface area contributed by atoms with E-state index in [1.165, 1.54) is 4.90 Å². The number of amides is 2. The van der Waals surface area contributed by atoms with E-state index in [-0.39, 0.29) is 18.2 Å². The molecule has 0 aliphatic carbocycles. The number of halogens is 1. The maximum atomic E-state index is 13.4. The van der Waals surface area contributed by atoms with Gasteiger partial charge in [0, 0.05) is 17.3 Å². The van der Waals surface area contributed by atoms with Gasteiger partial charge in [-0.2, -0.15) is 0 Å². The van der Waals surface area contributed by atoms with Gasteiger partial charge >= 0.3 is 0 Å².